The molecular formula is C34H32ClN5O5S. The highest BCUT2D eigenvalue weighted by atomic mass is 35.5. The molecule has 46 heavy (non-hydrogen) atoms. The molecule has 7 rings (SSSR count). The summed E-state index contributed by atoms with van der Waals surface area (Å²) in [5.41, 5.74) is 3.89. The number of halogens is 1. The Bertz CT molecular complexity index is 1890. The van der Waals surface area contributed by atoms with Crippen LogP contribution in [0.3, 0.4) is 0 Å². The molecule has 0 bridgehead atoms. The number of imide groups is 1. The van der Waals surface area contributed by atoms with Gasteiger partial charge in [-0.1, -0.05) is 55.8 Å². The standard InChI is InChI=1S/C34H32ClN5O5S/c1-18-28(38-30(41)20-10-12-39(15-20)33(44)45-17-19-7-5-4-6-8-19)23(14-25(35)37-18)22-9-11-36-24-13-21(46-29(22)24)16-40-31(42)26-27(32(40)43)34(26,2)3/h4-9,11,13-14,20,26-27H,10,12,15-17H2,1-3H3,(H,38,41)/t20-,26?,27?/m0/s1. The van der Waals surface area contributed by atoms with E-state index in [0.717, 1.165) is 20.7 Å². The molecule has 2 aliphatic heterocycles. The summed E-state index contributed by atoms with van der Waals surface area (Å²) in [5.74, 6) is -1.34. The van der Waals surface area contributed by atoms with Gasteiger partial charge >= 0.3 is 6.09 Å². The molecule has 5 heterocycles. The number of fused-ring (bicyclic) bond motifs is 2. The third kappa shape index (κ3) is 5.31. The average Bonchev–Trinajstić information content (AvgIpc) is 3.46. The maximum Gasteiger partial charge on any atom is 0.410 e. The minimum Gasteiger partial charge on any atom is -0.445 e. The lowest BCUT2D eigenvalue weighted by Gasteiger charge is -2.19. The van der Waals surface area contributed by atoms with Crippen molar-refractivity contribution in [2.24, 2.45) is 23.2 Å². The van der Waals surface area contributed by atoms with Crippen LogP contribution in [0.5, 0.6) is 0 Å². The molecule has 1 aromatic carbocycles. The Labute approximate surface area is 274 Å². The number of carbonyl (C=O) groups excluding carboxylic acids is 4. The average molecular weight is 658 g/mol. The second-order valence-electron chi connectivity index (χ2n) is 12.7. The summed E-state index contributed by atoms with van der Waals surface area (Å²) in [6.45, 7) is 6.74. The number of hydrogen-bond donors (Lipinski definition) is 1. The van der Waals surface area contributed by atoms with E-state index in [1.165, 1.54) is 16.2 Å². The minimum atomic E-state index is -0.449. The highest BCUT2D eigenvalue weighted by Gasteiger charge is 2.72. The van der Waals surface area contributed by atoms with Crippen LogP contribution in [0.4, 0.5) is 10.5 Å². The minimum absolute atomic E-state index is 0.109. The molecule has 1 aliphatic carbocycles. The Morgan fingerprint density at radius 2 is 1.83 bits per heavy atom. The largest absolute Gasteiger partial charge is 0.445 e. The van der Waals surface area contributed by atoms with Gasteiger partial charge in [0.2, 0.25) is 17.7 Å². The summed E-state index contributed by atoms with van der Waals surface area (Å²) in [4.78, 5) is 64.9. The van der Waals surface area contributed by atoms with Gasteiger partial charge in [0.05, 0.1) is 45.9 Å². The summed E-state index contributed by atoms with van der Waals surface area (Å²) < 4.78 is 6.31. The van der Waals surface area contributed by atoms with Crippen molar-refractivity contribution in [2.75, 3.05) is 18.4 Å². The zero-order valence-electron chi connectivity index (χ0n) is 25.6. The molecule has 0 radical (unpaired) electrons. The molecule has 236 valence electrons. The molecule has 1 saturated carbocycles. The molecule has 12 heteroatoms. The maximum atomic E-state index is 13.6. The normalized spacial score (nSPS) is 21.5. The number of ether oxygens (including phenoxy) is 1. The summed E-state index contributed by atoms with van der Waals surface area (Å²) in [6, 6.07) is 14.9. The van der Waals surface area contributed by atoms with Gasteiger partial charge in [0.1, 0.15) is 11.8 Å². The number of aryl methyl sites for hydroxylation is 1. The van der Waals surface area contributed by atoms with E-state index < -0.39 is 12.0 Å². The van der Waals surface area contributed by atoms with Crippen LogP contribution < -0.4 is 5.32 Å². The number of anilines is 1. The number of nitrogens with one attached hydrogen (secondary N) is 1. The zero-order chi connectivity index (χ0) is 32.3. The van der Waals surface area contributed by atoms with Gasteiger partial charge in [0.15, 0.2) is 0 Å². The summed E-state index contributed by atoms with van der Waals surface area (Å²) >= 11 is 7.88. The Hall–Kier alpha value is -4.35. The first kappa shape index (κ1) is 30.3. The van der Waals surface area contributed by atoms with Crippen molar-refractivity contribution in [3.63, 3.8) is 0 Å². The molecule has 3 fully saturated rings. The second-order valence-corrected chi connectivity index (χ2v) is 14.3. The molecule has 10 nitrogen and oxygen atoms in total. The van der Waals surface area contributed by atoms with Crippen LogP contribution in [0.1, 0.15) is 36.4 Å². The molecule has 2 unspecified atom stereocenters. The number of thiophene rings is 1. The molecule has 0 spiro atoms. The van der Waals surface area contributed by atoms with Crippen LogP contribution in [-0.2, 0) is 32.3 Å². The third-order valence-electron chi connectivity index (χ3n) is 9.40. The monoisotopic (exact) mass is 657 g/mol. The van der Waals surface area contributed by atoms with Gasteiger partial charge in [-0.05, 0) is 42.5 Å². The number of carbonyl (C=O) groups is 4. The lowest BCUT2D eigenvalue weighted by atomic mass is 10.0. The number of aromatic nitrogens is 2. The van der Waals surface area contributed by atoms with Gasteiger partial charge in [-0.3, -0.25) is 24.3 Å². The maximum absolute atomic E-state index is 13.6. The van der Waals surface area contributed by atoms with Crippen molar-refractivity contribution in [2.45, 2.75) is 40.3 Å². The van der Waals surface area contributed by atoms with Crippen LogP contribution in [0.15, 0.2) is 54.7 Å². The summed E-state index contributed by atoms with van der Waals surface area (Å²) in [5, 5.41) is 3.34. The first-order valence-corrected chi connectivity index (χ1v) is 16.4. The van der Waals surface area contributed by atoms with Gasteiger partial charge in [0, 0.05) is 35.3 Å². The number of piperidine rings is 1. The number of likely N-dealkylation sites (tertiary alicyclic amines) is 2. The first-order valence-electron chi connectivity index (χ1n) is 15.2. The predicted octanol–water partition coefficient (Wildman–Crippen LogP) is 6.06. The third-order valence-corrected chi connectivity index (χ3v) is 10.7. The van der Waals surface area contributed by atoms with Crippen molar-refractivity contribution in [3.05, 3.63) is 76.0 Å². The highest BCUT2D eigenvalue weighted by molar-refractivity contribution is 7.19. The van der Waals surface area contributed by atoms with Gasteiger partial charge < -0.3 is 15.0 Å². The van der Waals surface area contributed by atoms with E-state index in [0.29, 0.717) is 35.4 Å². The number of amides is 4. The molecule has 3 aromatic heterocycles. The van der Waals surface area contributed by atoms with Crippen LogP contribution in [0.25, 0.3) is 21.3 Å². The van der Waals surface area contributed by atoms with Crippen molar-refractivity contribution >= 4 is 62.7 Å². The Morgan fingerprint density at radius 1 is 1.09 bits per heavy atom. The molecule has 3 aliphatic rings. The number of pyridine rings is 2. The fourth-order valence-corrected chi connectivity index (χ4v) is 8.14. The molecule has 1 N–H and O–H groups in total. The van der Waals surface area contributed by atoms with Crippen LogP contribution in [0, 0.1) is 30.1 Å². The van der Waals surface area contributed by atoms with E-state index in [-0.39, 0.29) is 59.8 Å². The zero-order valence-corrected chi connectivity index (χ0v) is 27.2. The number of rotatable bonds is 7. The summed E-state index contributed by atoms with van der Waals surface area (Å²) in [7, 11) is 0. The molecule has 3 atom stereocenters. The van der Waals surface area contributed by atoms with Crippen molar-refractivity contribution in [3.8, 4) is 11.1 Å². The van der Waals surface area contributed by atoms with Gasteiger partial charge in [0.25, 0.3) is 0 Å². The lowest BCUT2D eigenvalue weighted by Crippen LogP contribution is -2.35. The molecule has 4 aromatic rings. The molecule has 2 saturated heterocycles. The molecule has 4 amide bonds. The van der Waals surface area contributed by atoms with Gasteiger partial charge in [-0.2, -0.15) is 0 Å². The Balaban J connectivity index is 1.09. The fourth-order valence-electron chi connectivity index (χ4n) is 6.77. The van der Waals surface area contributed by atoms with Crippen LogP contribution in [-0.4, -0.2) is 56.7 Å². The number of benzene rings is 1. The van der Waals surface area contributed by atoms with Crippen LogP contribution in [0.2, 0.25) is 5.15 Å². The highest BCUT2D eigenvalue weighted by Crippen LogP contribution is 2.63. The van der Waals surface area contributed by atoms with E-state index >= 15 is 0 Å². The Morgan fingerprint density at radius 3 is 2.57 bits per heavy atom. The second kappa shape index (κ2) is 11.5. The quantitative estimate of drug-likeness (QED) is 0.189. The number of nitrogens with zero attached hydrogens (tertiary/aromatic N) is 4. The van der Waals surface area contributed by atoms with E-state index in [9.17, 15) is 19.2 Å². The fraction of sp³-hybridized carbons (Fsp3) is 0.353. The van der Waals surface area contributed by atoms with E-state index in [1.54, 1.807) is 24.1 Å². The van der Waals surface area contributed by atoms with E-state index in [1.807, 2.05) is 56.3 Å². The summed E-state index contributed by atoms with van der Waals surface area (Å²) in [6.07, 6.45) is 1.74. The SMILES string of the molecule is Cc1nc(Cl)cc(-c2ccnc3cc(CN4C(=O)C5C(C4=O)C5(C)C)sc23)c1NC(=O)[C@H]1CCN(C(=O)OCc2ccccc2)C1. The van der Waals surface area contributed by atoms with Crippen molar-refractivity contribution in [1.82, 2.24) is 19.8 Å². The van der Waals surface area contributed by atoms with Crippen molar-refractivity contribution in [1.29, 1.82) is 0 Å². The smallest absolute Gasteiger partial charge is 0.410 e. The predicted molar refractivity (Wildman–Crippen MR) is 174 cm³/mol. The van der Waals surface area contributed by atoms with Gasteiger partial charge in [-0.25, -0.2) is 9.78 Å². The topological polar surface area (TPSA) is 122 Å². The number of hydrogen-bond acceptors (Lipinski definition) is 8. The van der Waals surface area contributed by atoms with Crippen molar-refractivity contribution < 1.29 is 23.9 Å². The Kier molecular flexibility index (Phi) is 7.56. The molecular weight excluding hydrogens is 626 g/mol. The van der Waals surface area contributed by atoms with E-state index in [2.05, 4.69) is 15.3 Å². The first-order chi connectivity index (χ1) is 22.0. The lowest BCUT2D eigenvalue weighted by molar-refractivity contribution is -0.143. The van der Waals surface area contributed by atoms with Crippen LogP contribution >= 0.6 is 22.9 Å². The van der Waals surface area contributed by atoms with E-state index in [4.69, 9.17) is 16.3 Å². The van der Waals surface area contributed by atoms with Gasteiger partial charge in [-0.15, -0.1) is 11.3 Å².